The number of hydrogen-bond donors (Lipinski definition) is 2. The van der Waals surface area contributed by atoms with Gasteiger partial charge >= 0.3 is 11.8 Å². The highest BCUT2D eigenvalue weighted by atomic mass is 16.7. The number of nitrogens with zero attached hydrogens (tertiary/aromatic N) is 2. The van der Waals surface area contributed by atoms with Crippen LogP contribution in [0, 0.1) is 6.92 Å². The molecule has 2 aliphatic rings. The summed E-state index contributed by atoms with van der Waals surface area (Å²) in [5.74, 6) is 0.122. The van der Waals surface area contributed by atoms with E-state index in [0.717, 1.165) is 29.2 Å². The van der Waals surface area contributed by atoms with Crippen LogP contribution in [-0.2, 0) is 16.1 Å². The molecule has 0 radical (unpaired) electrons. The molecule has 29 heavy (non-hydrogen) atoms. The van der Waals surface area contributed by atoms with Gasteiger partial charge in [0.1, 0.15) is 5.75 Å². The summed E-state index contributed by atoms with van der Waals surface area (Å²) in [5, 5.41) is 12.3. The molecular weight excluding hydrogens is 374 g/mol. The van der Waals surface area contributed by atoms with Gasteiger partial charge in [0.05, 0.1) is 5.69 Å². The average molecular weight is 397 g/mol. The first-order chi connectivity index (χ1) is 14.0. The van der Waals surface area contributed by atoms with Gasteiger partial charge in [0.25, 0.3) is 0 Å². The van der Waals surface area contributed by atoms with Gasteiger partial charge in [0, 0.05) is 32.7 Å². The van der Waals surface area contributed by atoms with Crippen molar-refractivity contribution in [1.29, 1.82) is 0 Å². The van der Waals surface area contributed by atoms with Crippen LogP contribution in [0.25, 0.3) is 0 Å². The zero-order valence-electron chi connectivity index (χ0n) is 16.2. The fraction of sp³-hybridized carbons (Fsp3) is 0.333. The summed E-state index contributed by atoms with van der Waals surface area (Å²) in [4.78, 5) is 28.5. The smallest absolute Gasteiger partial charge is 0.314 e. The molecule has 2 aliphatic heterocycles. The van der Waals surface area contributed by atoms with E-state index < -0.39 is 11.8 Å². The number of carbonyl (C=O) groups is 2. The van der Waals surface area contributed by atoms with E-state index in [9.17, 15) is 14.7 Å². The standard InChI is InChI=1S/C21H23N3O5/c1-14-2-4-17(25)16(10-14)22-20(26)21(27)24-8-6-23(7-9-24)12-15-3-5-18-19(11-15)29-13-28-18/h2-5,10-11,25H,6-9,12-13H2,1H3,(H,22,26). The number of aryl methyl sites for hydroxylation is 1. The van der Waals surface area contributed by atoms with Crippen LogP contribution in [0.15, 0.2) is 36.4 Å². The minimum absolute atomic E-state index is 0.0645. The topological polar surface area (TPSA) is 91.3 Å². The van der Waals surface area contributed by atoms with E-state index >= 15 is 0 Å². The number of hydrogen-bond acceptors (Lipinski definition) is 6. The third kappa shape index (κ3) is 4.27. The van der Waals surface area contributed by atoms with E-state index in [1.165, 1.54) is 6.07 Å². The first kappa shape index (κ1) is 19.1. The van der Waals surface area contributed by atoms with Crippen LogP contribution < -0.4 is 14.8 Å². The van der Waals surface area contributed by atoms with Crippen LogP contribution in [0.4, 0.5) is 5.69 Å². The molecule has 1 fully saturated rings. The lowest BCUT2D eigenvalue weighted by Crippen LogP contribution is -2.51. The maximum absolute atomic E-state index is 12.5. The molecule has 2 aromatic carbocycles. The second-order valence-electron chi connectivity index (χ2n) is 7.23. The van der Waals surface area contributed by atoms with Gasteiger partial charge in [0.15, 0.2) is 11.5 Å². The highest BCUT2D eigenvalue weighted by Gasteiger charge is 2.27. The average Bonchev–Trinajstić information content (AvgIpc) is 3.18. The lowest BCUT2D eigenvalue weighted by atomic mass is 10.1. The van der Waals surface area contributed by atoms with Crippen LogP contribution in [0.5, 0.6) is 17.2 Å². The second-order valence-corrected chi connectivity index (χ2v) is 7.23. The predicted molar refractivity (Wildman–Crippen MR) is 106 cm³/mol. The summed E-state index contributed by atoms with van der Waals surface area (Å²) in [6.45, 7) is 5.11. The molecule has 1 saturated heterocycles. The molecule has 152 valence electrons. The van der Waals surface area contributed by atoms with Crippen molar-refractivity contribution in [3.8, 4) is 17.2 Å². The summed E-state index contributed by atoms with van der Waals surface area (Å²) in [5.41, 5.74) is 2.23. The zero-order valence-corrected chi connectivity index (χ0v) is 16.2. The number of nitrogens with one attached hydrogen (secondary N) is 1. The lowest BCUT2D eigenvalue weighted by molar-refractivity contribution is -0.144. The number of aromatic hydroxyl groups is 1. The van der Waals surface area contributed by atoms with Gasteiger partial charge in [0.2, 0.25) is 6.79 Å². The molecule has 0 spiro atoms. The van der Waals surface area contributed by atoms with E-state index in [1.54, 1.807) is 17.0 Å². The molecule has 2 N–H and O–H groups in total. The third-order valence-corrected chi connectivity index (χ3v) is 5.10. The molecule has 8 heteroatoms. The molecule has 0 aromatic heterocycles. The zero-order chi connectivity index (χ0) is 20.4. The molecule has 4 rings (SSSR count). The Bertz CT molecular complexity index is 938. The van der Waals surface area contributed by atoms with E-state index in [0.29, 0.717) is 26.2 Å². The number of amides is 2. The van der Waals surface area contributed by atoms with Gasteiger partial charge in [-0.25, -0.2) is 0 Å². The van der Waals surface area contributed by atoms with Gasteiger partial charge in [-0.05, 0) is 42.3 Å². The van der Waals surface area contributed by atoms with Crippen LogP contribution in [0.2, 0.25) is 0 Å². The van der Waals surface area contributed by atoms with Crippen molar-refractivity contribution < 1.29 is 24.2 Å². The maximum atomic E-state index is 12.5. The number of fused-ring (bicyclic) bond motifs is 1. The Hall–Kier alpha value is -3.26. The molecule has 2 aromatic rings. The van der Waals surface area contributed by atoms with E-state index in [-0.39, 0.29) is 18.2 Å². The number of ether oxygens (including phenoxy) is 2. The molecule has 2 heterocycles. The summed E-state index contributed by atoms with van der Waals surface area (Å²) >= 11 is 0. The van der Waals surface area contributed by atoms with E-state index in [2.05, 4.69) is 10.2 Å². The highest BCUT2D eigenvalue weighted by Crippen LogP contribution is 2.32. The Kier molecular flexibility index (Phi) is 5.26. The first-order valence-corrected chi connectivity index (χ1v) is 9.50. The number of anilines is 1. The van der Waals surface area contributed by atoms with Crippen molar-refractivity contribution in [1.82, 2.24) is 9.80 Å². The number of rotatable bonds is 3. The Morgan fingerprint density at radius 3 is 2.59 bits per heavy atom. The van der Waals surface area contributed by atoms with Crippen LogP contribution in [0.1, 0.15) is 11.1 Å². The third-order valence-electron chi connectivity index (χ3n) is 5.10. The predicted octanol–water partition coefficient (Wildman–Crippen LogP) is 1.71. The Morgan fingerprint density at radius 2 is 1.79 bits per heavy atom. The number of phenolic OH excluding ortho intramolecular Hbond substituents is 1. The van der Waals surface area contributed by atoms with Crippen LogP contribution in [0.3, 0.4) is 0 Å². The quantitative estimate of drug-likeness (QED) is 0.605. The molecule has 0 aliphatic carbocycles. The summed E-state index contributed by atoms with van der Waals surface area (Å²) in [7, 11) is 0. The van der Waals surface area contributed by atoms with Crippen molar-refractivity contribution in [2.75, 3.05) is 38.3 Å². The van der Waals surface area contributed by atoms with Gasteiger partial charge in [-0.3, -0.25) is 14.5 Å². The minimum Gasteiger partial charge on any atom is -0.506 e. The van der Waals surface area contributed by atoms with Crippen LogP contribution in [-0.4, -0.2) is 59.7 Å². The van der Waals surface area contributed by atoms with Crippen molar-refractivity contribution in [3.63, 3.8) is 0 Å². The van der Waals surface area contributed by atoms with Crippen molar-refractivity contribution in [3.05, 3.63) is 47.5 Å². The molecule has 0 bridgehead atoms. The normalized spacial score (nSPS) is 16.0. The number of carbonyl (C=O) groups excluding carboxylic acids is 2. The summed E-state index contributed by atoms with van der Waals surface area (Å²) < 4.78 is 10.7. The Morgan fingerprint density at radius 1 is 1.03 bits per heavy atom. The van der Waals surface area contributed by atoms with Crippen molar-refractivity contribution in [2.24, 2.45) is 0 Å². The van der Waals surface area contributed by atoms with E-state index in [4.69, 9.17) is 9.47 Å². The number of phenols is 1. The summed E-state index contributed by atoms with van der Waals surface area (Å²) in [6.07, 6.45) is 0. The SMILES string of the molecule is Cc1ccc(O)c(NC(=O)C(=O)N2CCN(Cc3ccc4c(c3)OCO4)CC2)c1. The second kappa shape index (κ2) is 8.00. The molecular formula is C21H23N3O5. The van der Waals surface area contributed by atoms with Gasteiger partial charge in [-0.1, -0.05) is 12.1 Å². The van der Waals surface area contributed by atoms with Crippen LogP contribution >= 0.6 is 0 Å². The number of piperazine rings is 1. The van der Waals surface area contributed by atoms with Gasteiger partial charge in [-0.2, -0.15) is 0 Å². The first-order valence-electron chi connectivity index (χ1n) is 9.50. The number of benzene rings is 2. The molecule has 8 nitrogen and oxygen atoms in total. The molecule has 0 atom stereocenters. The Labute approximate surface area is 168 Å². The lowest BCUT2D eigenvalue weighted by Gasteiger charge is -2.34. The molecule has 2 amide bonds. The Balaban J connectivity index is 1.30. The fourth-order valence-electron chi connectivity index (χ4n) is 3.48. The van der Waals surface area contributed by atoms with Gasteiger partial charge in [-0.15, -0.1) is 0 Å². The highest BCUT2D eigenvalue weighted by molar-refractivity contribution is 6.39. The molecule has 0 saturated carbocycles. The van der Waals surface area contributed by atoms with E-state index in [1.807, 2.05) is 25.1 Å². The fourth-order valence-corrected chi connectivity index (χ4v) is 3.48. The summed E-state index contributed by atoms with van der Waals surface area (Å²) in [6, 6.07) is 10.7. The van der Waals surface area contributed by atoms with Gasteiger partial charge < -0.3 is 24.8 Å². The molecule has 0 unspecified atom stereocenters. The van der Waals surface area contributed by atoms with Crippen molar-refractivity contribution in [2.45, 2.75) is 13.5 Å². The monoisotopic (exact) mass is 397 g/mol. The largest absolute Gasteiger partial charge is 0.506 e. The van der Waals surface area contributed by atoms with Crippen molar-refractivity contribution >= 4 is 17.5 Å². The minimum atomic E-state index is -0.741. The maximum Gasteiger partial charge on any atom is 0.314 e.